The number of esters is 3. The van der Waals surface area contributed by atoms with Gasteiger partial charge in [-0.05, 0) is 105 Å². The lowest BCUT2D eigenvalue weighted by molar-refractivity contribution is -0.396. The molecule has 7 nitrogen and oxygen atoms in total. The Morgan fingerprint density at radius 1 is 0.545 bits per heavy atom. The van der Waals surface area contributed by atoms with Crippen LogP contribution >= 0.6 is 0 Å². The molecule has 3 aromatic carbocycles. The van der Waals surface area contributed by atoms with Gasteiger partial charge in [0.1, 0.15) is 17.2 Å². The molecule has 16 heteroatoms. The third kappa shape index (κ3) is 12.6. The molecular formula is C39H41F9O7. The van der Waals surface area contributed by atoms with Gasteiger partial charge in [-0.1, -0.05) is 39.0 Å². The van der Waals surface area contributed by atoms with Crippen molar-refractivity contribution in [3.05, 3.63) is 89.5 Å². The van der Waals surface area contributed by atoms with E-state index < -0.39 is 54.7 Å². The minimum absolute atomic E-state index is 0.0237. The van der Waals surface area contributed by atoms with Gasteiger partial charge in [-0.2, -0.15) is 39.5 Å². The van der Waals surface area contributed by atoms with Gasteiger partial charge in [0.05, 0.1) is 29.4 Å². The van der Waals surface area contributed by atoms with Crippen LogP contribution in [0.15, 0.2) is 72.8 Å². The molecule has 0 saturated heterocycles. The van der Waals surface area contributed by atoms with Crippen LogP contribution in [0.1, 0.15) is 109 Å². The zero-order valence-corrected chi connectivity index (χ0v) is 30.0. The number of unbranched alkanes of at least 4 members (excludes halogenated alkanes) is 6. The summed E-state index contributed by atoms with van der Waals surface area (Å²) in [6.07, 6.45) is -4.39. The highest BCUT2D eigenvalue weighted by Gasteiger charge is 2.81. The third-order valence-corrected chi connectivity index (χ3v) is 8.33. The van der Waals surface area contributed by atoms with Crippen LogP contribution in [0.5, 0.6) is 17.2 Å². The van der Waals surface area contributed by atoms with E-state index in [1.54, 1.807) is 0 Å². The van der Waals surface area contributed by atoms with Gasteiger partial charge in [0.15, 0.2) is 0 Å². The number of hydrogen-bond donors (Lipinski definition) is 0. The topological polar surface area (TPSA) is 88.1 Å². The minimum atomic E-state index is -6.89. The van der Waals surface area contributed by atoms with Gasteiger partial charge in [0.25, 0.3) is 0 Å². The second-order valence-corrected chi connectivity index (χ2v) is 12.8. The first kappa shape index (κ1) is 44.6. The van der Waals surface area contributed by atoms with Crippen molar-refractivity contribution in [1.82, 2.24) is 0 Å². The molecular weight excluding hydrogens is 751 g/mol. The predicted molar refractivity (Wildman–Crippen MR) is 182 cm³/mol. The van der Waals surface area contributed by atoms with E-state index in [9.17, 15) is 53.9 Å². The number of hydrogen-bond acceptors (Lipinski definition) is 7. The maximum atomic E-state index is 13.6. The molecule has 0 heterocycles. The highest BCUT2D eigenvalue weighted by atomic mass is 19.4. The highest BCUT2D eigenvalue weighted by molar-refractivity contribution is 5.93. The molecule has 0 fully saturated rings. The van der Waals surface area contributed by atoms with Gasteiger partial charge in [0.2, 0.25) is 0 Å². The van der Waals surface area contributed by atoms with E-state index in [-0.39, 0.29) is 54.6 Å². The molecule has 3 aromatic rings. The Morgan fingerprint density at radius 2 is 0.982 bits per heavy atom. The molecule has 0 spiro atoms. The first-order valence-corrected chi connectivity index (χ1v) is 17.6. The largest absolute Gasteiger partial charge is 0.494 e. The van der Waals surface area contributed by atoms with E-state index in [1.165, 1.54) is 72.8 Å². The number of benzene rings is 3. The highest BCUT2D eigenvalue weighted by Crippen LogP contribution is 2.54. The smallest absolute Gasteiger partial charge is 0.460 e. The molecule has 1 atom stereocenters. The van der Waals surface area contributed by atoms with Crippen molar-refractivity contribution in [2.24, 2.45) is 0 Å². The summed E-state index contributed by atoms with van der Waals surface area (Å²) in [7, 11) is 0. The van der Waals surface area contributed by atoms with Gasteiger partial charge in [-0.3, -0.25) is 0 Å². The quantitative estimate of drug-likeness (QED) is 0.0459. The number of rotatable bonds is 21. The molecule has 3 rings (SSSR count). The van der Waals surface area contributed by atoms with Crippen LogP contribution in [0.3, 0.4) is 0 Å². The lowest BCUT2D eigenvalue weighted by Gasteiger charge is -2.33. The molecule has 0 bridgehead atoms. The summed E-state index contributed by atoms with van der Waals surface area (Å²) >= 11 is 0. The van der Waals surface area contributed by atoms with Crippen molar-refractivity contribution in [3.63, 3.8) is 0 Å². The van der Waals surface area contributed by atoms with Gasteiger partial charge >= 0.3 is 41.9 Å². The summed E-state index contributed by atoms with van der Waals surface area (Å²) < 4.78 is 138. The van der Waals surface area contributed by atoms with Crippen LogP contribution in [-0.2, 0) is 4.74 Å². The summed E-state index contributed by atoms with van der Waals surface area (Å²) in [6, 6.07) is 17.1. The van der Waals surface area contributed by atoms with E-state index in [0.29, 0.717) is 11.3 Å². The molecule has 0 aromatic heterocycles. The number of carbonyl (C=O) groups excluding carboxylic acids is 3. The Bertz CT molecular complexity index is 1680. The normalized spacial score (nSPS) is 12.9. The lowest BCUT2D eigenvalue weighted by atomic mass is 9.98. The molecule has 302 valence electrons. The Balaban J connectivity index is 1.38. The Morgan fingerprint density at radius 3 is 1.45 bits per heavy atom. The van der Waals surface area contributed by atoms with Gasteiger partial charge in [0, 0.05) is 6.42 Å². The maximum absolute atomic E-state index is 13.6. The number of alkyl halides is 9. The molecule has 1 unspecified atom stereocenters. The zero-order valence-electron chi connectivity index (χ0n) is 30.0. The monoisotopic (exact) mass is 792 g/mol. The summed E-state index contributed by atoms with van der Waals surface area (Å²) in [5, 5.41) is 0. The van der Waals surface area contributed by atoms with Crippen LogP contribution in [0.25, 0.3) is 0 Å². The summed E-state index contributed by atoms with van der Waals surface area (Å²) in [5.74, 6) is -20.3. The Hall–Kier alpha value is -4.76. The van der Waals surface area contributed by atoms with Crippen molar-refractivity contribution in [2.75, 3.05) is 6.61 Å². The summed E-state index contributed by atoms with van der Waals surface area (Å²) in [6.45, 7) is 3.99. The third-order valence-electron chi connectivity index (χ3n) is 8.33. The lowest BCUT2D eigenvalue weighted by Crippen LogP contribution is -2.60. The van der Waals surface area contributed by atoms with Gasteiger partial charge in [-0.25, -0.2) is 14.4 Å². The van der Waals surface area contributed by atoms with Crippen LogP contribution in [0, 0.1) is 0 Å². The van der Waals surface area contributed by atoms with Gasteiger partial charge in [-0.15, -0.1) is 0 Å². The van der Waals surface area contributed by atoms with Crippen LogP contribution in [0.4, 0.5) is 39.5 Å². The van der Waals surface area contributed by atoms with E-state index in [0.717, 1.165) is 32.1 Å². The molecule has 0 saturated carbocycles. The molecule has 0 N–H and O–H groups in total. The number of carbonyl (C=O) groups is 3. The average Bonchev–Trinajstić information content (AvgIpc) is 3.13. The van der Waals surface area contributed by atoms with E-state index >= 15 is 0 Å². The maximum Gasteiger partial charge on any atom is 0.460 e. The van der Waals surface area contributed by atoms with Crippen molar-refractivity contribution < 1.29 is 72.8 Å². The van der Waals surface area contributed by atoms with E-state index in [4.69, 9.17) is 18.9 Å². The molecule has 55 heavy (non-hydrogen) atoms. The van der Waals surface area contributed by atoms with Crippen molar-refractivity contribution >= 4 is 17.9 Å². The standard InChI is InChI=1S/C39H41F9O7/c1-3-4-5-8-11-26(2)53-33(49)27-14-20-31(21-15-27)55-35(51)29-16-22-32(23-17-29)54-34(50)28-12-18-30(19-13-28)52-25-10-7-6-9-24-36(40,41)37(42,43)38(44,45)39(46,47)48/h12-23,26H,3-11,24-25H2,1-2H3. The molecule has 0 aliphatic heterocycles. The fourth-order valence-electron chi connectivity index (χ4n) is 5.06. The Labute approximate surface area is 312 Å². The van der Waals surface area contributed by atoms with E-state index in [1.807, 2.05) is 6.92 Å². The summed E-state index contributed by atoms with van der Waals surface area (Å²) in [5.41, 5.74) is 0.614. The van der Waals surface area contributed by atoms with Crippen molar-refractivity contribution in [1.29, 1.82) is 0 Å². The molecule has 0 amide bonds. The first-order valence-electron chi connectivity index (χ1n) is 17.6. The number of ether oxygens (including phenoxy) is 4. The second kappa shape index (κ2) is 19.7. The predicted octanol–water partition coefficient (Wildman–Crippen LogP) is 11.4. The second-order valence-electron chi connectivity index (χ2n) is 12.8. The molecule has 0 aliphatic carbocycles. The SMILES string of the molecule is CCCCCCC(C)OC(=O)c1ccc(OC(=O)c2ccc(OC(=O)c3ccc(OCCCCCCC(F)(F)C(F)(F)C(F)(F)C(F)(F)F)cc3)cc2)cc1. The molecule has 0 aliphatic rings. The molecule has 0 radical (unpaired) electrons. The average molecular weight is 793 g/mol. The Kier molecular flexibility index (Phi) is 16.0. The van der Waals surface area contributed by atoms with Crippen LogP contribution in [-0.4, -0.2) is 54.6 Å². The van der Waals surface area contributed by atoms with E-state index in [2.05, 4.69) is 6.92 Å². The minimum Gasteiger partial charge on any atom is -0.494 e. The van der Waals surface area contributed by atoms with Gasteiger partial charge < -0.3 is 18.9 Å². The fourth-order valence-corrected chi connectivity index (χ4v) is 5.06. The fraction of sp³-hybridized carbons (Fsp3) is 0.462. The van der Waals surface area contributed by atoms with Crippen molar-refractivity contribution in [3.8, 4) is 17.2 Å². The zero-order chi connectivity index (χ0) is 40.9. The van der Waals surface area contributed by atoms with Crippen molar-refractivity contribution in [2.45, 2.75) is 108 Å². The van der Waals surface area contributed by atoms with Crippen LogP contribution in [0.2, 0.25) is 0 Å². The summed E-state index contributed by atoms with van der Waals surface area (Å²) in [4.78, 5) is 37.7. The first-order chi connectivity index (χ1) is 25.8. The van der Waals surface area contributed by atoms with Crippen LogP contribution < -0.4 is 14.2 Å². The number of halogens is 9.